The molecule has 0 amide bonds. The Morgan fingerprint density at radius 2 is 1.36 bits per heavy atom. The van der Waals surface area contributed by atoms with Crippen LogP contribution >= 0.6 is 0 Å². The average Bonchev–Trinajstić information content (AvgIpc) is 2.51. The number of unbranched alkanes of at least 4 members (excludes halogenated alkanes) is 5. The molecule has 0 aliphatic rings. The topological polar surface area (TPSA) is 26.3 Å². The van der Waals surface area contributed by atoms with E-state index in [-0.39, 0.29) is 5.97 Å². The number of allylic oxidation sites excluding steroid dienone is 8. The standard InChI is InChI=1S/C20H32O2/c1-3-5-6-7-8-9-10-11-12-13-14-15-16-17-18-19-20(21)22-4-2/h5-12H,3-4,13-19H2,1-2H3. The predicted molar refractivity (Wildman–Crippen MR) is 95.8 cm³/mol. The summed E-state index contributed by atoms with van der Waals surface area (Å²) in [5.74, 6) is -0.0588. The monoisotopic (exact) mass is 304 g/mol. The smallest absolute Gasteiger partial charge is 0.305 e. The van der Waals surface area contributed by atoms with Crippen LogP contribution in [0.2, 0.25) is 0 Å². The first kappa shape index (κ1) is 20.4. The molecule has 0 spiro atoms. The highest BCUT2D eigenvalue weighted by Crippen LogP contribution is 2.08. The van der Waals surface area contributed by atoms with Gasteiger partial charge in [-0.15, -0.1) is 0 Å². The summed E-state index contributed by atoms with van der Waals surface area (Å²) in [7, 11) is 0. The van der Waals surface area contributed by atoms with Crippen LogP contribution in [0, 0.1) is 0 Å². The van der Waals surface area contributed by atoms with Crippen molar-refractivity contribution in [2.24, 2.45) is 0 Å². The second-order valence-electron chi connectivity index (χ2n) is 5.15. The molecule has 0 aromatic carbocycles. The van der Waals surface area contributed by atoms with E-state index in [2.05, 4.69) is 37.3 Å². The lowest BCUT2D eigenvalue weighted by Gasteiger charge is -2.01. The Labute approximate surface area is 136 Å². The van der Waals surface area contributed by atoms with Gasteiger partial charge < -0.3 is 4.74 Å². The average molecular weight is 304 g/mol. The molecule has 2 heteroatoms. The molecule has 0 N–H and O–H groups in total. The normalized spacial score (nSPS) is 12.3. The lowest BCUT2D eigenvalue weighted by Crippen LogP contribution is -2.03. The summed E-state index contributed by atoms with van der Waals surface area (Å²) >= 11 is 0. The van der Waals surface area contributed by atoms with Gasteiger partial charge in [0.25, 0.3) is 0 Å². The largest absolute Gasteiger partial charge is 0.466 e. The molecule has 0 aromatic heterocycles. The molecule has 0 radical (unpaired) electrons. The SMILES string of the molecule is CCC=CC=CC=CC=CCCCCCCCC(=O)OCC. The Morgan fingerprint density at radius 1 is 0.773 bits per heavy atom. The summed E-state index contributed by atoms with van der Waals surface area (Å²) in [6, 6.07) is 0. The van der Waals surface area contributed by atoms with E-state index in [9.17, 15) is 4.79 Å². The van der Waals surface area contributed by atoms with Crippen LogP contribution in [0.4, 0.5) is 0 Å². The van der Waals surface area contributed by atoms with E-state index in [0.717, 1.165) is 25.7 Å². The summed E-state index contributed by atoms with van der Waals surface area (Å²) in [6.45, 7) is 4.47. The van der Waals surface area contributed by atoms with Crippen LogP contribution in [0.3, 0.4) is 0 Å². The van der Waals surface area contributed by atoms with Gasteiger partial charge in [0.15, 0.2) is 0 Å². The van der Waals surface area contributed by atoms with Crippen molar-refractivity contribution >= 4 is 5.97 Å². The van der Waals surface area contributed by atoms with Gasteiger partial charge in [0.05, 0.1) is 6.61 Å². The molecular formula is C20H32O2. The number of carbonyl (C=O) groups is 1. The minimum atomic E-state index is -0.0588. The highest BCUT2D eigenvalue weighted by molar-refractivity contribution is 5.69. The zero-order chi connectivity index (χ0) is 16.3. The summed E-state index contributed by atoms with van der Waals surface area (Å²) in [5, 5.41) is 0. The summed E-state index contributed by atoms with van der Waals surface area (Å²) in [6.07, 6.45) is 25.2. The molecule has 0 saturated heterocycles. The molecule has 0 atom stereocenters. The van der Waals surface area contributed by atoms with Crippen molar-refractivity contribution in [3.8, 4) is 0 Å². The van der Waals surface area contributed by atoms with Crippen molar-refractivity contribution in [2.75, 3.05) is 6.61 Å². The molecule has 0 fully saturated rings. The van der Waals surface area contributed by atoms with Crippen molar-refractivity contribution in [1.82, 2.24) is 0 Å². The van der Waals surface area contributed by atoms with Gasteiger partial charge in [-0.25, -0.2) is 0 Å². The Kier molecular flexibility index (Phi) is 16.2. The quantitative estimate of drug-likeness (QED) is 0.240. The van der Waals surface area contributed by atoms with Gasteiger partial charge in [0.1, 0.15) is 0 Å². The van der Waals surface area contributed by atoms with E-state index in [1.807, 2.05) is 25.2 Å². The van der Waals surface area contributed by atoms with Crippen LogP contribution in [0.15, 0.2) is 48.6 Å². The number of hydrogen-bond donors (Lipinski definition) is 0. The van der Waals surface area contributed by atoms with Crippen molar-refractivity contribution in [3.05, 3.63) is 48.6 Å². The van der Waals surface area contributed by atoms with Gasteiger partial charge in [-0.2, -0.15) is 0 Å². The van der Waals surface area contributed by atoms with Crippen molar-refractivity contribution in [1.29, 1.82) is 0 Å². The van der Waals surface area contributed by atoms with E-state index < -0.39 is 0 Å². The number of carbonyl (C=O) groups excluding carboxylic acids is 1. The summed E-state index contributed by atoms with van der Waals surface area (Å²) < 4.78 is 4.90. The Morgan fingerprint density at radius 3 is 2.05 bits per heavy atom. The molecule has 0 aliphatic carbocycles. The molecule has 0 aromatic rings. The zero-order valence-corrected chi connectivity index (χ0v) is 14.3. The van der Waals surface area contributed by atoms with Crippen molar-refractivity contribution in [3.63, 3.8) is 0 Å². The predicted octanol–water partition coefficient (Wildman–Crippen LogP) is 5.92. The third kappa shape index (κ3) is 16.5. The van der Waals surface area contributed by atoms with E-state index in [4.69, 9.17) is 4.74 Å². The molecule has 0 unspecified atom stereocenters. The third-order valence-corrected chi connectivity index (χ3v) is 3.12. The second-order valence-corrected chi connectivity index (χ2v) is 5.15. The fourth-order valence-corrected chi connectivity index (χ4v) is 1.94. The first-order valence-corrected chi connectivity index (χ1v) is 8.61. The number of rotatable bonds is 13. The fraction of sp³-hybridized carbons (Fsp3) is 0.550. The first-order chi connectivity index (χ1) is 10.8. The minimum absolute atomic E-state index is 0.0588. The maximum absolute atomic E-state index is 11.1. The first-order valence-electron chi connectivity index (χ1n) is 8.61. The molecule has 0 heterocycles. The molecule has 22 heavy (non-hydrogen) atoms. The van der Waals surface area contributed by atoms with Crippen LogP contribution in [-0.4, -0.2) is 12.6 Å². The van der Waals surface area contributed by atoms with E-state index in [0.29, 0.717) is 13.0 Å². The highest BCUT2D eigenvalue weighted by Gasteiger charge is 2.00. The lowest BCUT2D eigenvalue weighted by atomic mass is 10.1. The van der Waals surface area contributed by atoms with E-state index in [1.165, 1.54) is 19.3 Å². The highest BCUT2D eigenvalue weighted by atomic mass is 16.5. The Balaban J connectivity index is 3.37. The van der Waals surface area contributed by atoms with Gasteiger partial charge in [0.2, 0.25) is 0 Å². The van der Waals surface area contributed by atoms with E-state index >= 15 is 0 Å². The van der Waals surface area contributed by atoms with Crippen LogP contribution in [0.1, 0.15) is 65.2 Å². The van der Waals surface area contributed by atoms with Crippen LogP contribution < -0.4 is 0 Å². The molecule has 0 saturated carbocycles. The van der Waals surface area contributed by atoms with E-state index in [1.54, 1.807) is 0 Å². The Hall–Kier alpha value is -1.57. The molecule has 0 aliphatic heterocycles. The van der Waals surface area contributed by atoms with Crippen LogP contribution in [-0.2, 0) is 9.53 Å². The maximum atomic E-state index is 11.1. The van der Waals surface area contributed by atoms with Gasteiger partial charge in [-0.1, -0.05) is 74.8 Å². The molecule has 0 rings (SSSR count). The molecule has 124 valence electrons. The lowest BCUT2D eigenvalue weighted by molar-refractivity contribution is -0.143. The number of hydrogen-bond acceptors (Lipinski definition) is 2. The fourth-order valence-electron chi connectivity index (χ4n) is 1.94. The van der Waals surface area contributed by atoms with Gasteiger partial charge >= 0.3 is 5.97 Å². The van der Waals surface area contributed by atoms with Crippen molar-refractivity contribution in [2.45, 2.75) is 65.2 Å². The maximum Gasteiger partial charge on any atom is 0.305 e. The van der Waals surface area contributed by atoms with Crippen LogP contribution in [0.25, 0.3) is 0 Å². The second kappa shape index (κ2) is 17.5. The van der Waals surface area contributed by atoms with Crippen LogP contribution in [0.5, 0.6) is 0 Å². The third-order valence-electron chi connectivity index (χ3n) is 3.12. The summed E-state index contributed by atoms with van der Waals surface area (Å²) in [4.78, 5) is 11.1. The minimum Gasteiger partial charge on any atom is -0.466 e. The summed E-state index contributed by atoms with van der Waals surface area (Å²) in [5.41, 5.74) is 0. The van der Waals surface area contributed by atoms with Gasteiger partial charge in [-0.05, 0) is 32.6 Å². The molecule has 2 nitrogen and oxygen atoms in total. The molecular weight excluding hydrogens is 272 g/mol. The number of esters is 1. The van der Waals surface area contributed by atoms with Gasteiger partial charge in [-0.3, -0.25) is 4.79 Å². The van der Waals surface area contributed by atoms with Gasteiger partial charge in [0, 0.05) is 6.42 Å². The molecule has 0 bridgehead atoms. The van der Waals surface area contributed by atoms with Crippen molar-refractivity contribution < 1.29 is 9.53 Å². The Bertz CT molecular complexity index is 362. The zero-order valence-electron chi connectivity index (χ0n) is 14.3. The number of ether oxygens (including phenoxy) is 1.